The number of aromatic amines is 2. The quantitative estimate of drug-likeness (QED) is 0.703. The number of alkyl halides is 3. The van der Waals surface area contributed by atoms with Gasteiger partial charge in [-0.1, -0.05) is 19.9 Å². The fraction of sp³-hybridized carbons (Fsp3) is 0.368. The number of fused-ring (bicyclic) bond motifs is 3. The van der Waals surface area contributed by atoms with Gasteiger partial charge in [0, 0.05) is 47.7 Å². The normalized spacial score (nSPS) is 14.8. The van der Waals surface area contributed by atoms with Gasteiger partial charge in [0.15, 0.2) is 5.69 Å². The average Bonchev–Trinajstić information content (AvgIpc) is 3.24. The average molecular weight is 376 g/mol. The van der Waals surface area contributed by atoms with Crippen molar-refractivity contribution in [3.05, 3.63) is 52.5 Å². The Bertz CT molecular complexity index is 1020. The van der Waals surface area contributed by atoms with Crippen molar-refractivity contribution in [3.8, 4) is 0 Å². The number of nitrogens with one attached hydrogen (secondary N) is 2. The largest absolute Gasteiger partial charge is 0.432 e. The molecule has 0 atom stereocenters. The van der Waals surface area contributed by atoms with Gasteiger partial charge in [-0.05, 0) is 23.6 Å². The molecule has 0 aliphatic carbocycles. The minimum Gasteiger partial charge on any atom is -0.358 e. The summed E-state index contributed by atoms with van der Waals surface area (Å²) in [5.41, 5.74) is 3.09. The van der Waals surface area contributed by atoms with Crippen molar-refractivity contribution in [1.82, 2.24) is 20.1 Å². The minimum atomic E-state index is -4.55. The Morgan fingerprint density at radius 1 is 1.26 bits per heavy atom. The summed E-state index contributed by atoms with van der Waals surface area (Å²) in [4.78, 5) is 17.6. The Kier molecular flexibility index (Phi) is 4.01. The Morgan fingerprint density at radius 2 is 2.04 bits per heavy atom. The van der Waals surface area contributed by atoms with Crippen molar-refractivity contribution in [2.75, 3.05) is 6.54 Å². The number of aromatic nitrogens is 3. The van der Waals surface area contributed by atoms with E-state index in [2.05, 4.69) is 36.1 Å². The third-order valence-electron chi connectivity index (χ3n) is 5.06. The fourth-order valence-electron chi connectivity index (χ4n) is 3.50. The predicted molar refractivity (Wildman–Crippen MR) is 94.4 cm³/mol. The number of nitrogens with zero attached hydrogens (tertiary/aromatic N) is 2. The van der Waals surface area contributed by atoms with Gasteiger partial charge in [0.1, 0.15) is 5.69 Å². The molecule has 3 aromatic rings. The fourth-order valence-corrected chi connectivity index (χ4v) is 3.50. The van der Waals surface area contributed by atoms with Gasteiger partial charge in [0.25, 0.3) is 5.91 Å². The van der Waals surface area contributed by atoms with Gasteiger partial charge in [0.2, 0.25) is 0 Å². The molecule has 8 heteroatoms. The molecule has 1 amide bonds. The lowest BCUT2D eigenvalue weighted by molar-refractivity contribution is -0.141. The molecule has 0 bridgehead atoms. The van der Waals surface area contributed by atoms with E-state index in [0.717, 1.165) is 28.2 Å². The zero-order valence-electron chi connectivity index (χ0n) is 14.9. The van der Waals surface area contributed by atoms with Gasteiger partial charge in [0.05, 0.1) is 0 Å². The molecule has 0 spiro atoms. The van der Waals surface area contributed by atoms with Gasteiger partial charge in [-0.2, -0.15) is 18.3 Å². The van der Waals surface area contributed by atoms with Crippen LogP contribution in [-0.4, -0.2) is 32.5 Å². The molecule has 0 fully saturated rings. The van der Waals surface area contributed by atoms with E-state index in [4.69, 9.17) is 0 Å². The Labute approximate surface area is 153 Å². The van der Waals surface area contributed by atoms with Gasteiger partial charge in [-0.15, -0.1) is 0 Å². The number of amides is 1. The standard InChI is InChI=1S/C19H19F3N4O/c1-10(2)11-3-4-14-12(7-11)13-9-26(6-5-15(13)23-14)18(27)16-8-17(25-24-16)19(20,21)22/h3-4,7-8,10,23H,5-6,9H2,1-2H3,(H,24,25). The highest BCUT2D eigenvalue weighted by atomic mass is 19.4. The zero-order valence-corrected chi connectivity index (χ0v) is 14.9. The van der Waals surface area contributed by atoms with Crippen molar-refractivity contribution >= 4 is 16.8 Å². The SMILES string of the molecule is CC(C)c1ccc2[nH]c3c(c2c1)CN(C(=O)c1cc(C(F)(F)F)[nH]n1)CC3. The van der Waals surface area contributed by atoms with Gasteiger partial charge < -0.3 is 9.88 Å². The van der Waals surface area contributed by atoms with Crippen LogP contribution in [-0.2, 0) is 19.1 Å². The van der Waals surface area contributed by atoms with Crippen LogP contribution >= 0.6 is 0 Å². The maximum atomic E-state index is 12.7. The molecule has 5 nitrogen and oxygen atoms in total. The summed E-state index contributed by atoms with van der Waals surface area (Å²) in [5, 5.41) is 6.52. The summed E-state index contributed by atoms with van der Waals surface area (Å²) < 4.78 is 38.2. The van der Waals surface area contributed by atoms with E-state index in [-0.39, 0.29) is 5.69 Å². The molecular weight excluding hydrogens is 357 g/mol. The molecular formula is C19H19F3N4O. The Morgan fingerprint density at radius 3 is 2.70 bits per heavy atom. The smallest absolute Gasteiger partial charge is 0.358 e. The number of halogens is 3. The van der Waals surface area contributed by atoms with E-state index in [0.29, 0.717) is 25.4 Å². The monoisotopic (exact) mass is 376 g/mol. The second kappa shape index (κ2) is 6.14. The molecule has 0 unspecified atom stereocenters. The zero-order chi connectivity index (χ0) is 19.3. The van der Waals surface area contributed by atoms with E-state index in [1.165, 1.54) is 5.56 Å². The molecule has 142 valence electrons. The lowest BCUT2D eigenvalue weighted by Gasteiger charge is -2.26. The number of benzene rings is 1. The van der Waals surface area contributed by atoms with Crippen LogP contribution in [0.4, 0.5) is 13.2 Å². The van der Waals surface area contributed by atoms with Crippen molar-refractivity contribution in [3.63, 3.8) is 0 Å². The minimum absolute atomic E-state index is 0.214. The number of carbonyl (C=O) groups excluding carboxylic acids is 1. The topological polar surface area (TPSA) is 64.8 Å². The second-order valence-electron chi connectivity index (χ2n) is 7.18. The molecule has 0 saturated heterocycles. The number of H-pyrrole nitrogens is 2. The summed E-state index contributed by atoms with van der Waals surface area (Å²) in [7, 11) is 0. The Hall–Kier alpha value is -2.77. The molecule has 4 rings (SSSR count). The van der Waals surface area contributed by atoms with Crippen LogP contribution < -0.4 is 0 Å². The predicted octanol–water partition coefficient (Wildman–Crippen LogP) is 4.23. The van der Waals surface area contributed by atoms with Crippen molar-refractivity contribution < 1.29 is 18.0 Å². The second-order valence-corrected chi connectivity index (χ2v) is 7.18. The van der Waals surface area contributed by atoms with Crippen LogP contribution in [0.2, 0.25) is 0 Å². The summed E-state index contributed by atoms with van der Waals surface area (Å²) in [6, 6.07) is 7.02. The summed E-state index contributed by atoms with van der Waals surface area (Å²) in [5.74, 6) is -0.118. The van der Waals surface area contributed by atoms with Crippen LogP contribution in [0.1, 0.15) is 52.8 Å². The Balaban J connectivity index is 1.64. The molecule has 2 aromatic heterocycles. The van der Waals surface area contributed by atoms with Crippen LogP contribution in [0.5, 0.6) is 0 Å². The summed E-state index contributed by atoms with van der Waals surface area (Å²) >= 11 is 0. The first-order chi connectivity index (χ1) is 12.7. The number of carbonyl (C=O) groups is 1. The number of hydrogen-bond donors (Lipinski definition) is 2. The molecule has 27 heavy (non-hydrogen) atoms. The van der Waals surface area contributed by atoms with Crippen molar-refractivity contribution in [1.29, 1.82) is 0 Å². The molecule has 1 aromatic carbocycles. The molecule has 1 aliphatic heterocycles. The van der Waals surface area contributed by atoms with Gasteiger partial charge in [-0.25, -0.2) is 0 Å². The van der Waals surface area contributed by atoms with Crippen molar-refractivity contribution in [2.24, 2.45) is 0 Å². The highest BCUT2D eigenvalue weighted by molar-refractivity contribution is 5.93. The summed E-state index contributed by atoms with van der Waals surface area (Å²) in [6.45, 7) is 5.02. The van der Waals surface area contributed by atoms with E-state index in [1.54, 1.807) is 4.90 Å². The van der Waals surface area contributed by atoms with E-state index < -0.39 is 17.8 Å². The summed E-state index contributed by atoms with van der Waals surface area (Å²) in [6.07, 6.45) is -3.92. The number of hydrogen-bond acceptors (Lipinski definition) is 2. The van der Waals surface area contributed by atoms with Crippen LogP contribution in [0.15, 0.2) is 24.3 Å². The van der Waals surface area contributed by atoms with Crippen LogP contribution in [0.3, 0.4) is 0 Å². The maximum absolute atomic E-state index is 12.7. The molecule has 0 saturated carbocycles. The molecule has 2 N–H and O–H groups in total. The molecule has 3 heterocycles. The van der Waals surface area contributed by atoms with Crippen LogP contribution in [0.25, 0.3) is 10.9 Å². The lowest BCUT2D eigenvalue weighted by atomic mass is 9.98. The third-order valence-corrected chi connectivity index (χ3v) is 5.06. The lowest BCUT2D eigenvalue weighted by Crippen LogP contribution is -2.36. The van der Waals surface area contributed by atoms with Gasteiger partial charge in [-0.3, -0.25) is 9.89 Å². The third kappa shape index (κ3) is 3.09. The van der Waals surface area contributed by atoms with E-state index in [1.807, 2.05) is 11.2 Å². The highest BCUT2D eigenvalue weighted by Gasteiger charge is 2.35. The first kappa shape index (κ1) is 17.6. The molecule has 0 radical (unpaired) electrons. The first-order valence-electron chi connectivity index (χ1n) is 8.79. The maximum Gasteiger partial charge on any atom is 0.432 e. The van der Waals surface area contributed by atoms with Gasteiger partial charge >= 0.3 is 6.18 Å². The molecule has 1 aliphatic rings. The first-order valence-corrected chi connectivity index (χ1v) is 8.79. The van der Waals surface area contributed by atoms with E-state index >= 15 is 0 Å². The van der Waals surface area contributed by atoms with Crippen LogP contribution in [0, 0.1) is 0 Å². The highest BCUT2D eigenvalue weighted by Crippen LogP contribution is 2.31. The van der Waals surface area contributed by atoms with Crippen molar-refractivity contribution in [2.45, 2.75) is 38.9 Å². The number of rotatable bonds is 2. The van der Waals surface area contributed by atoms with E-state index in [9.17, 15) is 18.0 Å².